The van der Waals surface area contributed by atoms with Crippen LogP contribution in [0.5, 0.6) is 5.75 Å². The molecule has 0 spiro atoms. The number of carbonyl (C=O) groups excluding carboxylic acids is 1. The molecule has 1 saturated carbocycles. The van der Waals surface area contributed by atoms with Gasteiger partial charge in [-0.1, -0.05) is 27.5 Å². The molecule has 2 rings (SSSR count). The zero-order chi connectivity index (χ0) is 13.9. The van der Waals surface area contributed by atoms with Crippen LogP contribution in [0, 0.1) is 5.41 Å². The van der Waals surface area contributed by atoms with E-state index in [0.29, 0.717) is 21.8 Å². The second kappa shape index (κ2) is 6.14. The van der Waals surface area contributed by atoms with Gasteiger partial charge in [0.25, 0.3) is 5.91 Å². The number of alkyl halides is 1. The molecular formula is C14H17BrClNO2. The molecule has 104 valence electrons. The fourth-order valence-corrected chi connectivity index (χ4v) is 3.11. The van der Waals surface area contributed by atoms with E-state index in [-0.39, 0.29) is 5.91 Å². The average molecular weight is 347 g/mol. The minimum absolute atomic E-state index is 0.102. The van der Waals surface area contributed by atoms with Crippen molar-refractivity contribution in [1.82, 2.24) is 5.32 Å². The van der Waals surface area contributed by atoms with Gasteiger partial charge in [-0.3, -0.25) is 4.79 Å². The van der Waals surface area contributed by atoms with Gasteiger partial charge in [0, 0.05) is 16.9 Å². The molecule has 19 heavy (non-hydrogen) atoms. The zero-order valence-electron chi connectivity index (χ0n) is 10.8. The molecule has 5 heteroatoms. The molecule has 1 amide bonds. The van der Waals surface area contributed by atoms with Crippen LogP contribution in [0.4, 0.5) is 0 Å². The molecule has 1 aliphatic rings. The fraction of sp³-hybridized carbons (Fsp3) is 0.500. The number of hydrogen-bond acceptors (Lipinski definition) is 2. The maximum absolute atomic E-state index is 12.2. The number of amides is 1. The summed E-state index contributed by atoms with van der Waals surface area (Å²) in [4.78, 5) is 12.2. The number of hydrogen-bond donors (Lipinski definition) is 1. The fourth-order valence-electron chi connectivity index (χ4n) is 2.11. The number of methoxy groups -OCH3 is 1. The minimum Gasteiger partial charge on any atom is -0.496 e. The van der Waals surface area contributed by atoms with Gasteiger partial charge in [0.15, 0.2) is 0 Å². The first-order valence-corrected chi connectivity index (χ1v) is 7.78. The Morgan fingerprint density at radius 1 is 1.53 bits per heavy atom. The SMILES string of the molecule is COc1cc(Cl)ccc1C(=O)NCC1(CCBr)CC1. The summed E-state index contributed by atoms with van der Waals surface area (Å²) in [6, 6.07) is 5.05. The summed E-state index contributed by atoms with van der Waals surface area (Å²) in [5, 5.41) is 4.54. The lowest BCUT2D eigenvalue weighted by molar-refractivity contribution is 0.0941. The van der Waals surface area contributed by atoms with Crippen LogP contribution in [0.25, 0.3) is 0 Å². The minimum atomic E-state index is -0.102. The van der Waals surface area contributed by atoms with E-state index in [0.717, 1.165) is 18.3 Å². The van der Waals surface area contributed by atoms with Crippen molar-refractivity contribution < 1.29 is 9.53 Å². The Kier molecular flexibility index (Phi) is 4.74. The van der Waals surface area contributed by atoms with E-state index in [2.05, 4.69) is 21.2 Å². The topological polar surface area (TPSA) is 38.3 Å². The summed E-state index contributed by atoms with van der Waals surface area (Å²) in [6.45, 7) is 0.725. The van der Waals surface area contributed by atoms with Crippen molar-refractivity contribution in [2.45, 2.75) is 19.3 Å². The summed E-state index contributed by atoms with van der Waals surface area (Å²) in [5.74, 6) is 0.407. The molecule has 0 bridgehead atoms. The smallest absolute Gasteiger partial charge is 0.255 e. The maximum atomic E-state index is 12.2. The maximum Gasteiger partial charge on any atom is 0.255 e. The molecule has 3 nitrogen and oxygen atoms in total. The number of rotatable bonds is 6. The van der Waals surface area contributed by atoms with Crippen molar-refractivity contribution in [2.24, 2.45) is 5.41 Å². The molecule has 0 radical (unpaired) electrons. The summed E-state index contributed by atoms with van der Waals surface area (Å²) in [7, 11) is 1.54. The highest BCUT2D eigenvalue weighted by Gasteiger charge is 2.41. The highest BCUT2D eigenvalue weighted by molar-refractivity contribution is 9.09. The van der Waals surface area contributed by atoms with Crippen LogP contribution in [-0.2, 0) is 0 Å². The highest BCUT2D eigenvalue weighted by atomic mass is 79.9. The first kappa shape index (κ1) is 14.7. The Morgan fingerprint density at radius 3 is 2.84 bits per heavy atom. The first-order valence-electron chi connectivity index (χ1n) is 6.28. The van der Waals surface area contributed by atoms with E-state index in [1.165, 1.54) is 20.0 Å². The Hall–Kier alpha value is -0.740. The van der Waals surface area contributed by atoms with Crippen LogP contribution in [0.1, 0.15) is 29.6 Å². The number of benzene rings is 1. The quantitative estimate of drug-likeness (QED) is 0.799. The second-order valence-electron chi connectivity index (χ2n) is 4.97. The third kappa shape index (κ3) is 3.63. The predicted molar refractivity (Wildman–Crippen MR) is 80.4 cm³/mol. The van der Waals surface area contributed by atoms with Crippen molar-refractivity contribution in [3.8, 4) is 5.75 Å². The largest absolute Gasteiger partial charge is 0.496 e. The molecule has 0 atom stereocenters. The third-order valence-corrected chi connectivity index (χ3v) is 4.25. The Labute approximate surface area is 126 Å². The molecule has 1 fully saturated rings. The zero-order valence-corrected chi connectivity index (χ0v) is 13.2. The van der Waals surface area contributed by atoms with Crippen LogP contribution in [0.2, 0.25) is 5.02 Å². The Balaban J connectivity index is 2.00. The van der Waals surface area contributed by atoms with E-state index in [4.69, 9.17) is 16.3 Å². The van der Waals surface area contributed by atoms with Crippen molar-refractivity contribution in [1.29, 1.82) is 0 Å². The lowest BCUT2D eigenvalue weighted by Gasteiger charge is -2.15. The van der Waals surface area contributed by atoms with Gasteiger partial charge in [-0.05, 0) is 42.9 Å². The van der Waals surface area contributed by atoms with Gasteiger partial charge in [0.05, 0.1) is 12.7 Å². The standard InChI is InChI=1S/C14H17BrClNO2/c1-19-12-8-10(16)2-3-11(12)13(18)17-9-14(4-5-14)6-7-15/h2-3,8H,4-7,9H2,1H3,(H,17,18). The molecule has 1 aromatic rings. The molecule has 0 aromatic heterocycles. The predicted octanol–water partition coefficient (Wildman–Crippen LogP) is 3.64. The van der Waals surface area contributed by atoms with Crippen molar-refractivity contribution in [3.63, 3.8) is 0 Å². The molecule has 0 saturated heterocycles. The van der Waals surface area contributed by atoms with E-state index >= 15 is 0 Å². The van der Waals surface area contributed by atoms with E-state index < -0.39 is 0 Å². The van der Waals surface area contributed by atoms with Crippen molar-refractivity contribution in [2.75, 3.05) is 19.0 Å². The number of nitrogens with one attached hydrogen (secondary N) is 1. The van der Waals surface area contributed by atoms with E-state index in [9.17, 15) is 4.79 Å². The molecule has 0 heterocycles. The van der Waals surface area contributed by atoms with Crippen LogP contribution in [0.3, 0.4) is 0 Å². The molecular weight excluding hydrogens is 330 g/mol. The average Bonchev–Trinajstić information content (AvgIpc) is 3.16. The van der Waals surface area contributed by atoms with Crippen molar-refractivity contribution >= 4 is 33.4 Å². The third-order valence-electron chi connectivity index (χ3n) is 3.61. The summed E-state index contributed by atoms with van der Waals surface area (Å²) < 4.78 is 5.19. The lowest BCUT2D eigenvalue weighted by atomic mass is 10.0. The van der Waals surface area contributed by atoms with Gasteiger partial charge in [-0.2, -0.15) is 0 Å². The number of halogens is 2. The van der Waals surface area contributed by atoms with Gasteiger partial charge in [0.2, 0.25) is 0 Å². The van der Waals surface area contributed by atoms with Crippen LogP contribution in [0.15, 0.2) is 18.2 Å². The Morgan fingerprint density at radius 2 is 2.26 bits per heavy atom. The van der Waals surface area contributed by atoms with Crippen molar-refractivity contribution in [3.05, 3.63) is 28.8 Å². The molecule has 1 aromatic carbocycles. The van der Waals surface area contributed by atoms with Gasteiger partial charge in [-0.25, -0.2) is 0 Å². The van der Waals surface area contributed by atoms with Crippen LogP contribution < -0.4 is 10.1 Å². The summed E-state index contributed by atoms with van der Waals surface area (Å²) in [6.07, 6.45) is 3.48. The molecule has 1 N–H and O–H groups in total. The van der Waals surface area contributed by atoms with Gasteiger partial charge in [-0.15, -0.1) is 0 Å². The monoisotopic (exact) mass is 345 g/mol. The highest BCUT2D eigenvalue weighted by Crippen LogP contribution is 2.48. The van der Waals surface area contributed by atoms with Gasteiger partial charge in [0.1, 0.15) is 5.75 Å². The van der Waals surface area contributed by atoms with Crippen LogP contribution >= 0.6 is 27.5 Å². The lowest BCUT2D eigenvalue weighted by Crippen LogP contribution is -2.30. The summed E-state index contributed by atoms with van der Waals surface area (Å²) >= 11 is 9.34. The first-order chi connectivity index (χ1) is 9.10. The molecule has 1 aliphatic carbocycles. The number of carbonyl (C=O) groups is 1. The number of ether oxygens (including phenoxy) is 1. The van der Waals surface area contributed by atoms with E-state index in [1.807, 2.05) is 0 Å². The van der Waals surface area contributed by atoms with Gasteiger partial charge < -0.3 is 10.1 Å². The van der Waals surface area contributed by atoms with E-state index in [1.54, 1.807) is 18.2 Å². The van der Waals surface area contributed by atoms with Gasteiger partial charge >= 0.3 is 0 Å². The normalized spacial score (nSPS) is 15.9. The molecule has 0 aliphatic heterocycles. The summed E-state index contributed by atoms with van der Waals surface area (Å²) in [5.41, 5.74) is 0.834. The Bertz CT molecular complexity index is 475. The van der Waals surface area contributed by atoms with Crippen LogP contribution in [-0.4, -0.2) is 24.9 Å². The second-order valence-corrected chi connectivity index (χ2v) is 6.20. The molecule has 0 unspecified atom stereocenters.